The van der Waals surface area contributed by atoms with Crippen molar-refractivity contribution in [2.75, 3.05) is 49.2 Å². The fraction of sp³-hybridized carbons (Fsp3) is 0.636. The Kier molecular flexibility index (Phi) is 10.8. The Morgan fingerprint density at radius 2 is 1.11 bits per heavy atom. The number of alkyl halides is 4. The number of ether oxygens (including phenoxy) is 1. The van der Waals surface area contributed by atoms with Gasteiger partial charge >= 0.3 is 7.12 Å². The number of anilines is 2. The largest absolute Gasteiger partial charge is 0.491 e. The van der Waals surface area contributed by atoms with Gasteiger partial charge in [0.25, 0.3) is 11.8 Å². The van der Waals surface area contributed by atoms with E-state index in [1.165, 1.54) is 25.2 Å². The molecule has 0 amide bonds. The van der Waals surface area contributed by atoms with Crippen LogP contribution >= 0.6 is 15.9 Å². The molecule has 0 aliphatic carbocycles. The van der Waals surface area contributed by atoms with Gasteiger partial charge in [0.2, 0.25) is 11.9 Å². The van der Waals surface area contributed by atoms with Crippen LogP contribution < -0.4 is 15.3 Å². The lowest BCUT2D eigenvalue weighted by Crippen LogP contribution is -2.40. The molecule has 0 saturated carbocycles. The Hall–Kier alpha value is -2.10. The third-order valence-corrected chi connectivity index (χ3v) is 6.36. The van der Waals surface area contributed by atoms with Crippen LogP contribution in [-0.2, 0) is 4.74 Å². The van der Waals surface area contributed by atoms with Crippen molar-refractivity contribution in [3.8, 4) is 0 Å². The average Bonchev–Trinajstić information content (AvgIpc) is 3.46. The molecule has 37 heavy (non-hydrogen) atoms. The second-order valence-corrected chi connectivity index (χ2v) is 9.81. The molecule has 2 N–H and O–H groups in total. The minimum Gasteiger partial charge on any atom is -0.423 e. The quantitative estimate of drug-likeness (QED) is 0.411. The van der Waals surface area contributed by atoms with Gasteiger partial charge in [-0.15, -0.1) is 0 Å². The number of halogens is 5. The van der Waals surface area contributed by atoms with Crippen LogP contribution in [0.2, 0.25) is 0 Å². The number of hydrogen-bond donors (Lipinski definition) is 2. The molecule has 0 radical (unpaired) electrons. The summed E-state index contributed by atoms with van der Waals surface area (Å²) in [6, 6.07) is 0. The maximum absolute atomic E-state index is 12.9. The smallest absolute Gasteiger partial charge is 0.423 e. The maximum atomic E-state index is 12.9. The number of rotatable bonds is 3. The van der Waals surface area contributed by atoms with Crippen LogP contribution in [0.3, 0.4) is 0 Å². The van der Waals surface area contributed by atoms with Crippen molar-refractivity contribution in [1.82, 2.24) is 19.9 Å². The zero-order valence-corrected chi connectivity index (χ0v) is 21.8. The zero-order valence-electron chi connectivity index (χ0n) is 20.2. The molecule has 0 bridgehead atoms. The van der Waals surface area contributed by atoms with Gasteiger partial charge in [0.05, 0.1) is 4.47 Å². The summed E-state index contributed by atoms with van der Waals surface area (Å²) in [4.78, 5) is 19.4. The van der Waals surface area contributed by atoms with Crippen molar-refractivity contribution in [3.63, 3.8) is 0 Å². The highest BCUT2D eigenvalue weighted by Crippen LogP contribution is 2.30. The summed E-state index contributed by atoms with van der Waals surface area (Å²) < 4.78 is 57.4. The molecule has 3 fully saturated rings. The molecule has 204 valence electrons. The molecule has 3 saturated heterocycles. The molecule has 3 aliphatic rings. The molecule has 3 aliphatic heterocycles. The Labute approximate surface area is 221 Å². The summed E-state index contributed by atoms with van der Waals surface area (Å²) in [5, 5.41) is 17.7. The maximum Gasteiger partial charge on any atom is 0.491 e. The molecule has 2 aromatic heterocycles. The van der Waals surface area contributed by atoms with Crippen LogP contribution in [0.4, 0.5) is 29.5 Å². The summed E-state index contributed by atoms with van der Waals surface area (Å²) in [6.45, 7) is 3.03. The van der Waals surface area contributed by atoms with E-state index >= 15 is 0 Å². The van der Waals surface area contributed by atoms with Crippen LogP contribution in [0.5, 0.6) is 0 Å². The van der Waals surface area contributed by atoms with Gasteiger partial charge in [-0.2, -0.15) is 0 Å². The minimum atomic E-state index is -2.60. The van der Waals surface area contributed by atoms with E-state index in [0.29, 0.717) is 25.0 Å². The van der Waals surface area contributed by atoms with E-state index in [-0.39, 0.29) is 44.2 Å². The van der Waals surface area contributed by atoms with E-state index < -0.39 is 19.0 Å². The summed E-state index contributed by atoms with van der Waals surface area (Å²) in [5.74, 6) is -4.26. The summed E-state index contributed by atoms with van der Waals surface area (Å²) in [7, 11) is -1.62. The Morgan fingerprint density at radius 3 is 1.43 bits per heavy atom. The third-order valence-electron chi connectivity index (χ3n) is 5.95. The van der Waals surface area contributed by atoms with Crippen molar-refractivity contribution in [3.05, 3.63) is 29.3 Å². The number of piperidine rings is 2. The highest BCUT2D eigenvalue weighted by Gasteiger charge is 2.35. The van der Waals surface area contributed by atoms with Crippen LogP contribution in [0.25, 0.3) is 0 Å². The normalized spacial score (nSPS) is 20.3. The molecule has 0 spiro atoms. The van der Waals surface area contributed by atoms with Gasteiger partial charge in [-0.25, -0.2) is 37.5 Å². The molecule has 2 aromatic rings. The second kappa shape index (κ2) is 13.6. The number of nitrogens with zero attached hydrogens (tertiary/aromatic N) is 6. The number of hydrogen-bond acceptors (Lipinski definition) is 9. The molecule has 5 rings (SSSR count). The van der Waals surface area contributed by atoms with Gasteiger partial charge in [0.1, 0.15) is 0 Å². The highest BCUT2D eigenvalue weighted by atomic mass is 79.9. The Morgan fingerprint density at radius 1 is 0.730 bits per heavy atom. The van der Waals surface area contributed by atoms with E-state index in [1.807, 2.05) is 0 Å². The first kappa shape index (κ1) is 29.5. The fourth-order valence-corrected chi connectivity index (χ4v) is 3.88. The van der Waals surface area contributed by atoms with Gasteiger partial charge < -0.3 is 24.6 Å². The van der Waals surface area contributed by atoms with Gasteiger partial charge in [-0.3, -0.25) is 0 Å². The predicted molar refractivity (Wildman–Crippen MR) is 134 cm³/mol. The lowest BCUT2D eigenvalue weighted by molar-refractivity contribution is -0.0229. The van der Waals surface area contributed by atoms with E-state index in [2.05, 4.69) is 35.9 Å². The molecule has 0 unspecified atom stereocenters. The fourth-order valence-electron chi connectivity index (χ4n) is 3.67. The molecular weight excluding hydrogens is 563 g/mol. The summed E-state index contributed by atoms with van der Waals surface area (Å²) in [5.41, 5.74) is 0.177. The zero-order chi connectivity index (χ0) is 26.9. The first-order chi connectivity index (χ1) is 17.5. The standard InChI is InChI=1S/C9H12BF2N3O2.C9H10BrF2N3.C4H8O/c11-9(12)1-3-15(4-2-9)8-13-5-7(6-14-8)10(16)17;10-7-5-13-8(14-6-7)15-3-1-9(11,12)2-4-15;1-2-4-5-3-1/h5-6,16-17H,1-4H2;5-6H,1-4H2;1-4H2. The van der Waals surface area contributed by atoms with Crippen molar-refractivity contribution in [1.29, 1.82) is 0 Å². The van der Waals surface area contributed by atoms with Crippen LogP contribution in [-0.4, -0.2) is 88.3 Å². The van der Waals surface area contributed by atoms with E-state index in [0.717, 1.165) is 17.7 Å². The molecule has 9 nitrogen and oxygen atoms in total. The average molecular weight is 593 g/mol. The minimum absolute atomic E-state index is 0.119. The van der Waals surface area contributed by atoms with E-state index in [1.54, 1.807) is 22.2 Å². The summed E-state index contributed by atoms with van der Waals surface area (Å²) in [6.07, 6.45) is 7.70. The van der Waals surface area contributed by atoms with Crippen LogP contribution in [0, 0.1) is 0 Å². The van der Waals surface area contributed by atoms with Crippen molar-refractivity contribution < 1.29 is 32.3 Å². The van der Waals surface area contributed by atoms with Crippen molar-refractivity contribution >= 4 is 40.4 Å². The molecular formula is C22H30BBrF4N6O3. The monoisotopic (exact) mass is 592 g/mol. The lowest BCUT2D eigenvalue weighted by Gasteiger charge is -2.31. The van der Waals surface area contributed by atoms with Gasteiger partial charge in [-0.05, 0) is 28.8 Å². The van der Waals surface area contributed by atoms with Gasteiger partial charge in [0.15, 0.2) is 0 Å². The molecule has 0 atom stereocenters. The predicted octanol–water partition coefficient (Wildman–Crippen LogP) is 2.66. The second-order valence-electron chi connectivity index (χ2n) is 8.90. The molecule has 15 heteroatoms. The van der Waals surface area contributed by atoms with Crippen LogP contribution in [0.1, 0.15) is 38.5 Å². The SMILES string of the molecule is C1CCOC1.FC1(F)CCN(c2ncc(Br)cn2)CC1.OB(O)c1cnc(N2CCC(F)(F)CC2)nc1. The highest BCUT2D eigenvalue weighted by molar-refractivity contribution is 9.10. The summed E-state index contributed by atoms with van der Waals surface area (Å²) >= 11 is 3.22. The van der Waals surface area contributed by atoms with Crippen LogP contribution in [0.15, 0.2) is 29.3 Å². The first-order valence-corrected chi connectivity index (χ1v) is 12.8. The molecule has 0 aromatic carbocycles. The first-order valence-electron chi connectivity index (χ1n) is 12.0. The van der Waals surface area contributed by atoms with Crippen molar-refractivity contribution in [2.45, 2.75) is 50.4 Å². The Balaban J connectivity index is 0.000000174. The van der Waals surface area contributed by atoms with E-state index in [4.69, 9.17) is 14.8 Å². The van der Waals surface area contributed by atoms with Gasteiger partial charge in [0, 0.05) is 95.3 Å². The molecule has 5 heterocycles. The Bertz CT molecular complexity index is 931. The lowest BCUT2D eigenvalue weighted by atomic mass is 9.83. The van der Waals surface area contributed by atoms with E-state index in [9.17, 15) is 17.6 Å². The van der Waals surface area contributed by atoms with Gasteiger partial charge in [-0.1, -0.05) is 0 Å². The topological polar surface area (TPSA) is 108 Å². The third kappa shape index (κ3) is 9.95. The number of aromatic nitrogens is 4. The van der Waals surface area contributed by atoms with Crippen molar-refractivity contribution in [2.24, 2.45) is 0 Å².